The van der Waals surface area contributed by atoms with Gasteiger partial charge in [0.2, 0.25) is 0 Å². The Labute approximate surface area is 145 Å². The van der Waals surface area contributed by atoms with Crippen molar-refractivity contribution in [3.05, 3.63) is 11.6 Å². The summed E-state index contributed by atoms with van der Waals surface area (Å²) < 4.78 is 6.67. The molecule has 4 nitrogen and oxygen atoms in total. The van der Waals surface area contributed by atoms with Gasteiger partial charge in [0.05, 0.1) is 23.7 Å². The van der Waals surface area contributed by atoms with Gasteiger partial charge in [-0.3, -0.25) is 4.79 Å². The molecule has 24 heavy (non-hydrogen) atoms. The van der Waals surface area contributed by atoms with E-state index in [-0.39, 0.29) is 23.4 Å². The third kappa shape index (κ3) is 2.29. The fourth-order valence-corrected chi connectivity index (χ4v) is 6.08. The second-order valence-electron chi connectivity index (χ2n) is 9.42. The van der Waals surface area contributed by atoms with Gasteiger partial charge in [-0.1, -0.05) is 26.8 Å². The summed E-state index contributed by atoms with van der Waals surface area (Å²) in [6.07, 6.45) is 6.37. The lowest BCUT2D eigenvalue weighted by atomic mass is 9.46. The summed E-state index contributed by atoms with van der Waals surface area (Å²) in [5.41, 5.74) is 0.0309. The van der Waals surface area contributed by atoms with Crippen molar-refractivity contribution in [1.29, 1.82) is 0 Å². The van der Waals surface area contributed by atoms with Crippen LogP contribution in [0.2, 0.25) is 0 Å². The van der Waals surface area contributed by atoms with Crippen LogP contribution < -0.4 is 0 Å². The molecule has 0 radical (unpaired) electrons. The van der Waals surface area contributed by atoms with E-state index in [9.17, 15) is 15.0 Å². The maximum absolute atomic E-state index is 11.3. The molecular formula is C20H32O4. The molecule has 136 valence electrons. The van der Waals surface area contributed by atoms with Crippen LogP contribution in [0.5, 0.6) is 0 Å². The van der Waals surface area contributed by atoms with E-state index in [4.69, 9.17) is 4.74 Å². The number of rotatable bonds is 2. The molecule has 1 aliphatic heterocycles. The van der Waals surface area contributed by atoms with Crippen molar-refractivity contribution < 1.29 is 19.7 Å². The maximum Gasteiger partial charge on any atom is 0.306 e. The topological polar surface area (TPSA) is 66.8 Å². The van der Waals surface area contributed by atoms with Gasteiger partial charge in [0, 0.05) is 5.41 Å². The van der Waals surface area contributed by atoms with Gasteiger partial charge in [0.15, 0.2) is 0 Å². The van der Waals surface area contributed by atoms with Crippen LogP contribution >= 0.6 is 0 Å². The summed E-state index contributed by atoms with van der Waals surface area (Å²) in [7, 11) is 0. The van der Waals surface area contributed by atoms with Crippen molar-refractivity contribution in [3.63, 3.8) is 0 Å². The highest BCUT2D eigenvalue weighted by Gasteiger charge is 2.65. The average molecular weight is 336 g/mol. The number of ether oxygens (including phenoxy) is 1. The lowest BCUT2D eigenvalue weighted by Gasteiger charge is -2.62. The minimum absolute atomic E-state index is 0.0504. The van der Waals surface area contributed by atoms with Crippen LogP contribution in [0, 0.1) is 16.7 Å². The van der Waals surface area contributed by atoms with Crippen molar-refractivity contribution >= 4 is 5.97 Å². The van der Waals surface area contributed by atoms with Crippen molar-refractivity contribution in [2.24, 2.45) is 16.7 Å². The van der Waals surface area contributed by atoms with Crippen LogP contribution in [0.4, 0.5) is 0 Å². The predicted octanol–water partition coefficient (Wildman–Crippen LogP) is 3.92. The summed E-state index contributed by atoms with van der Waals surface area (Å²) in [6.45, 7) is 10.7. The van der Waals surface area contributed by atoms with Crippen molar-refractivity contribution in [1.82, 2.24) is 0 Å². The molecule has 3 aliphatic rings. The number of carbonyl (C=O) groups is 1. The Hall–Kier alpha value is -0.870. The van der Waals surface area contributed by atoms with E-state index in [2.05, 4.69) is 33.8 Å². The number of allylic oxidation sites excluding steroid dienone is 1. The minimum atomic E-state index is -0.798. The largest absolute Gasteiger partial charge is 0.481 e. The summed E-state index contributed by atoms with van der Waals surface area (Å²) in [4.78, 5) is 11.3. The number of hydrogen-bond acceptors (Lipinski definition) is 3. The molecule has 3 rings (SSSR count). The van der Waals surface area contributed by atoms with Gasteiger partial charge in [-0.2, -0.15) is 0 Å². The van der Waals surface area contributed by atoms with Crippen molar-refractivity contribution in [2.45, 2.75) is 90.4 Å². The Morgan fingerprint density at radius 2 is 1.92 bits per heavy atom. The first-order valence-corrected chi connectivity index (χ1v) is 9.24. The Morgan fingerprint density at radius 3 is 2.54 bits per heavy atom. The molecule has 0 amide bonds. The zero-order valence-corrected chi connectivity index (χ0v) is 15.7. The Kier molecular flexibility index (Phi) is 3.97. The monoisotopic (exact) mass is 336 g/mol. The molecule has 2 fully saturated rings. The number of hydrogen-bond donors (Lipinski definition) is 2. The summed E-state index contributed by atoms with van der Waals surface area (Å²) in [5.74, 6) is -0.460. The van der Waals surface area contributed by atoms with Crippen molar-refractivity contribution in [3.8, 4) is 0 Å². The van der Waals surface area contributed by atoms with Gasteiger partial charge in [-0.15, -0.1) is 0 Å². The molecule has 0 aromatic heterocycles. The number of carboxylic acids is 1. The maximum atomic E-state index is 11.3. The third-order valence-electron chi connectivity index (χ3n) is 7.63. The molecule has 0 unspecified atom stereocenters. The normalized spacial score (nSPS) is 47.3. The molecule has 2 N–H and O–H groups in total. The first-order valence-electron chi connectivity index (χ1n) is 9.24. The first kappa shape index (κ1) is 17.9. The molecule has 0 aromatic carbocycles. The van der Waals surface area contributed by atoms with Crippen LogP contribution in [-0.2, 0) is 9.53 Å². The molecule has 1 saturated carbocycles. The van der Waals surface area contributed by atoms with E-state index in [0.29, 0.717) is 5.92 Å². The summed E-state index contributed by atoms with van der Waals surface area (Å²) in [5, 5.41) is 19.8. The number of aliphatic hydroxyl groups is 1. The lowest BCUT2D eigenvalue weighted by Crippen LogP contribution is -2.62. The van der Waals surface area contributed by atoms with Crippen LogP contribution in [0.1, 0.15) is 73.1 Å². The van der Waals surface area contributed by atoms with Crippen molar-refractivity contribution in [2.75, 3.05) is 0 Å². The van der Waals surface area contributed by atoms with Gasteiger partial charge in [0.25, 0.3) is 0 Å². The molecule has 1 heterocycles. The standard InChI is InChI=1S/C20H32O4/c1-13-6-7-14-17(2,3)15(21)8-9-19(14,5)20(13)11-10-18(4,24-20)12-16(22)23/h6,14-15,21H,7-12H2,1-5H3,(H,22,23)/t14-,15-,18-,19-,20+/m1/s1. The predicted molar refractivity (Wildman–Crippen MR) is 92.7 cm³/mol. The number of fused-ring (bicyclic) bond motifs is 2. The van der Waals surface area contributed by atoms with Gasteiger partial charge < -0.3 is 14.9 Å². The van der Waals surface area contributed by atoms with Crippen LogP contribution in [0.25, 0.3) is 0 Å². The number of aliphatic hydroxyl groups excluding tert-OH is 1. The van der Waals surface area contributed by atoms with Gasteiger partial charge in [0.1, 0.15) is 0 Å². The molecule has 1 saturated heterocycles. The zero-order chi connectivity index (χ0) is 18.0. The molecule has 2 aliphatic carbocycles. The van der Waals surface area contributed by atoms with Crippen LogP contribution in [0.3, 0.4) is 0 Å². The second-order valence-corrected chi connectivity index (χ2v) is 9.42. The molecule has 0 bridgehead atoms. The minimum Gasteiger partial charge on any atom is -0.481 e. The van der Waals surface area contributed by atoms with Gasteiger partial charge in [-0.25, -0.2) is 0 Å². The highest BCUT2D eigenvalue weighted by molar-refractivity contribution is 5.68. The van der Waals surface area contributed by atoms with E-state index >= 15 is 0 Å². The summed E-state index contributed by atoms with van der Waals surface area (Å²) >= 11 is 0. The van der Waals surface area contributed by atoms with E-state index < -0.39 is 17.2 Å². The second kappa shape index (κ2) is 5.31. The molecular weight excluding hydrogens is 304 g/mol. The smallest absolute Gasteiger partial charge is 0.306 e. The van der Waals surface area contributed by atoms with Crippen LogP contribution in [0.15, 0.2) is 11.6 Å². The SMILES string of the molecule is CC1=CC[C@@H]2C(C)(C)[C@H](O)CC[C@@]2(C)[C@]12CC[C@](C)(CC(=O)O)O2. The number of carboxylic acid groups (broad SMARTS) is 1. The van der Waals surface area contributed by atoms with Gasteiger partial charge >= 0.3 is 5.97 Å². The Bertz CT molecular complexity index is 580. The Morgan fingerprint density at radius 1 is 1.25 bits per heavy atom. The molecule has 0 aromatic rings. The molecule has 5 atom stereocenters. The quantitative estimate of drug-likeness (QED) is 0.750. The van der Waals surface area contributed by atoms with E-state index in [1.54, 1.807) is 0 Å². The average Bonchev–Trinajstić information content (AvgIpc) is 2.80. The number of aliphatic carboxylic acids is 1. The fourth-order valence-electron chi connectivity index (χ4n) is 6.08. The fraction of sp³-hybridized carbons (Fsp3) is 0.850. The zero-order valence-electron chi connectivity index (χ0n) is 15.7. The first-order chi connectivity index (χ1) is 11.0. The Balaban J connectivity index is 2.03. The third-order valence-corrected chi connectivity index (χ3v) is 7.63. The lowest BCUT2D eigenvalue weighted by molar-refractivity contribution is -0.210. The van der Waals surface area contributed by atoms with E-state index in [0.717, 1.165) is 32.1 Å². The van der Waals surface area contributed by atoms with Crippen LogP contribution in [-0.4, -0.2) is 33.5 Å². The highest BCUT2D eigenvalue weighted by atomic mass is 16.5. The highest BCUT2D eigenvalue weighted by Crippen LogP contribution is 2.66. The summed E-state index contributed by atoms with van der Waals surface area (Å²) in [6, 6.07) is 0. The van der Waals surface area contributed by atoms with Gasteiger partial charge in [-0.05, 0) is 62.9 Å². The molecule has 4 heteroatoms. The van der Waals surface area contributed by atoms with E-state index in [1.807, 2.05) is 6.92 Å². The molecule has 1 spiro atoms. The van der Waals surface area contributed by atoms with E-state index in [1.165, 1.54) is 5.57 Å².